The van der Waals surface area contributed by atoms with E-state index in [9.17, 15) is 0 Å². The van der Waals surface area contributed by atoms with Crippen molar-refractivity contribution in [1.82, 2.24) is 0 Å². The van der Waals surface area contributed by atoms with Gasteiger partial charge in [-0.05, 0) is 36.2 Å². The van der Waals surface area contributed by atoms with Gasteiger partial charge in [-0.25, -0.2) is 0 Å². The Morgan fingerprint density at radius 1 is 1.56 bits per heavy atom. The van der Waals surface area contributed by atoms with Crippen LogP contribution in [0, 0.1) is 17.8 Å². The molecule has 0 nitrogen and oxygen atoms in total. The fourth-order valence-corrected chi connectivity index (χ4v) is 2.30. The van der Waals surface area contributed by atoms with Crippen molar-refractivity contribution >= 4 is 11.8 Å². The second kappa shape index (κ2) is 2.96. The van der Waals surface area contributed by atoms with Crippen LogP contribution in [0.1, 0.15) is 20.3 Å². The van der Waals surface area contributed by atoms with Crippen molar-refractivity contribution in [2.45, 2.75) is 20.3 Å². The molecule has 0 aromatic carbocycles. The van der Waals surface area contributed by atoms with Crippen molar-refractivity contribution < 1.29 is 0 Å². The second-order valence-corrected chi connectivity index (χ2v) is 4.27. The molecule has 2 atom stereocenters. The van der Waals surface area contributed by atoms with E-state index in [4.69, 9.17) is 0 Å². The molecular formula is C8H16S. The summed E-state index contributed by atoms with van der Waals surface area (Å²) in [5.41, 5.74) is 0. The van der Waals surface area contributed by atoms with Gasteiger partial charge in [-0.15, -0.1) is 0 Å². The third-order valence-electron chi connectivity index (χ3n) is 2.21. The van der Waals surface area contributed by atoms with E-state index in [2.05, 4.69) is 20.1 Å². The van der Waals surface area contributed by atoms with Crippen molar-refractivity contribution in [3.63, 3.8) is 0 Å². The molecule has 0 heterocycles. The molecule has 2 unspecified atom stereocenters. The Labute approximate surface area is 62.4 Å². The van der Waals surface area contributed by atoms with E-state index in [-0.39, 0.29) is 0 Å². The topological polar surface area (TPSA) is 0 Å². The molecule has 0 aromatic rings. The van der Waals surface area contributed by atoms with Crippen molar-refractivity contribution in [1.29, 1.82) is 0 Å². The van der Waals surface area contributed by atoms with Gasteiger partial charge in [-0.3, -0.25) is 0 Å². The van der Waals surface area contributed by atoms with Crippen LogP contribution in [0.25, 0.3) is 0 Å². The van der Waals surface area contributed by atoms with Gasteiger partial charge in [-0.2, -0.15) is 11.8 Å². The van der Waals surface area contributed by atoms with Crippen LogP contribution in [0.3, 0.4) is 0 Å². The van der Waals surface area contributed by atoms with Crippen molar-refractivity contribution in [2.24, 2.45) is 17.8 Å². The molecule has 0 aromatic heterocycles. The molecule has 54 valence electrons. The molecule has 0 aliphatic heterocycles. The van der Waals surface area contributed by atoms with Crippen LogP contribution < -0.4 is 0 Å². The van der Waals surface area contributed by atoms with Crippen LogP contribution in [0.2, 0.25) is 0 Å². The average Bonchev–Trinajstić information content (AvgIpc) is 2.47. The summed E-state index contributed by atoms with van der Waals surface area (Å²) in [6.07, 6.45) is 3.70. The fraction of sp³-hybridized carbons (Fsp3) is 1.00. The molecular weight excluding hydrogens is 128 g/mol. The highest BCUT2D eigenvalue weighted by Gasteiger charge is 2.38. The smallest absolute Gasteiger partial charge is 0.00391 e. The minimum Gasteiger partial charge on any atom is -0.165 e. The summed E-state index contributed by atoms with van der Waals surface area (Å²) in [6, 6.07) is 0. The minimum absolute atomic E-state index is 0.933. The summed E-state index contributed by atoms with van der Waals surface area (Å²) >= 11 is 1.99. The lowest BCUT2D eigenvalue weighted by Gasteiger charge is -2.00. The molecule has 0 radical (unpaired) electrons. The van der Waals surface area contributed by atoms with Gasteiger partial charge in [0, 0.05) is 0 Å². The van der Waals surface area contributed by atoms with Crippen LogP contribution in [-0.2, 0) is 0 Å². The first-order valence-electron chi connectivity index (χ1n) is 3.74. The third kappa shape index (κ3) is 1.89. The van der Waals surface area contributed by atoms with Crippen molar-refractivity contribution in [3.05, 3.63) is 0 Å². The third-order valence-corrected chi connectivity index (χ3v) is 2.98. The largest absolute Gasteiger partial charge is 0.165 e. The summed E-state index contributed by atoms with van der Waals surface area (Å²) in [5.74, 6) is 4.46. The molecule has 1 aliphatic carbocycles. The molecule has 9 heavy (non-hydrogen) atoms. The first kappa shape index (κ1) is 7.46. The zero-order valence-electron chi connectivity index (χ0n) is 6.55. The Balaban J connectivity index is 2.09. The summed E-state index contributed by atoms with van der Waals surface area (Å²) in [5, 5.41) is 0. The van der Waals surface area contributed by atoms with Crippen LogP contribution in [0.15, 0.2) is 0 Å². The van der Waals surface area contributed by atoms with Crippen LogP contribution >= 0.6 is 11.8 Å². The number of hydrogen-bond donors (Lipinski definition) is 0. The highest BCUT2D eigenvalue weighted by molar-refractivity contribution is 7.98. The molecule has 1 rings (SSSR count). The van der Waals surface area contributed by atoms with E-state index in [1.807, 2.05) is 11.8 Å². The maximum Gasteiger partial charge on any atom is -0.00391 e. The number of thioether (sulfide) groups is 1. The predicted octanol–water partition coefficient (Wildman–Crippen LogP) is 2.64. The zero-order chi connectivity index (χ0) is 6.85. The van der Waals surface area contributed by atoms with Crippen LogP contribution in [-0.4, -0.2) is 12.0 Å². The summed E-state index contributed by atoms with van der Waals surface area (Å²) in [4.78, 5) is 0. The molecule has 0 spiro atoms. The Morgan fingerprint density at radius 2 is 2.22 bits per heavy atom. The molecule has 1 fully saturated rings. The Morgan fingerprint density at radius 3 is 2.56 bits per heavy atom. The van der Waals surface area contributed by atoms with E-state index in [0.717, 1.165) is 17.8 Å². The SMILES string of the molecule is CSCC1CC1C(C)C. The van der Waals surface area contributed by atoms with E-state index in [1.54, 1.807) is 0 Å². The fourth-order valence-electron chi connectivity index (χ4n) is 1.49. The van der Waals surface area contributed by atoms with Crippen molar-refractivity contribution in [3.8, 4) is 0 Å². The monoisotopic (exact) mass is 144 g/mol. The van der Waals surface area contributed by atoms with E-state index < -0.39 is 0 Å². The normalized spacial score (nSPS) is 33.3. The summed E-state index contributed by atoms with van der Waals surface area (Å²) in [7, 11) is 0. The van der Waals surface area contributed by atoms with Crippen LogP contribution in [0.5, 0.6) is 0 Å². The first-order valence-corrected chi connectivity index (χ1v) is 5.14. The lowest BCUT2D eigenvalue weighted by molar-refractivity contribution is 0.533. The van der Waals surface area contributed by atoms with Gasteiger partial charge in [0.2, 0.25) is 0 Å². The van der Waals surface area contributed by atoms with Gasteiger partial charge < -0.3 is 0 Å². The molecule has 0 N–H and O–H groups in total. The Kier molecular flexibility index (Phi) is 2.45. The van der Waals surface area contributed by atoms with Gasteiger partial charge in [0.1, 0.15) is 0 Å². The Hall–Kier alpha value is 0.350. The molecule has 1 saturated carbocycles. The van der Waals surface area contributed by atoms with Gasteiger partial charge >= 0.3 is 0 Å². The summed E-state index contributed by atoms with van der Waals surface area (Å²) < 4.78 is 0. The highest BCUT2D eigenvalue weighted by atomic mass is 32.2. The van der Waals surface area contributed by atoms with Gasteiger partial charge in [0.05, 0.1) is 0 Å². The van der Waals surface area contributed by atoms with E-state index in [0.29, 0.717) is 0 Å². The standard InChI is InChI=1S/C8H16S/c1-6(2)8-4-7(8)5-9-3/h6-8H,4-5H2,1-3H3. The van der Waals surface area contributed by atoms with Gasteiger partial charge in [0.15, 0.2) is 0 Å². The second-order valence-electron chi connectivity index (χ2n) is 3.36. The first-order chi connectivity index (χ1) is 4.25. The van der Waals surface area contributed by atoms with Crippen molar-refractivity contribution in [2.75, 3.05) is 12.0 Å². The predicted molar refractivity (Wildman–Crippen MR) is 44.8 cm³/mol. The highest BCUT2D eigenvalue weighted by Crippen LogP contribution is 2.45. The lowest BCUT2D eigenvalue weighted by atomic mass is 10.1. The van der Waals surface area contributed by atoms with Crippen LogP contribution in [0.4, 0.5) is 0 Å². The quantitative estimate of drug-likeness (QED) is 0.587. The zero-order valence-corrected chi connectivity index (χ0v) is 7.37. The van der Waals surface area contributed by atoms with E-state index >= 15 is 0 Å². The Bertz CT molecular complexity index is 88.6. The summed E-state index contributed by atoms with van der Waals surface area (Å²) in [6.45, 7) is 4.68. The maximum atomic E-state index is 2.34. The minimum atomic E-state index is 0.933. The average molecular weight is 144 g/mol. The molecule has 1 aliphatic rings. The van der Waals surface area contributed by atoms with E-state index in [1.165, 1.54) is 12.2 Å². The number of hydrogen-bond acceptors (Lipinski definition) is 1. The molecule has 0 saturated heterocycles. The molecule has 0 bridgehead atoms. The van der Waals surface area contributed by atoms with Gasteiger partial charge in [-0.1, -0.05) is 13.8 Å². The van der Waals surface area contributed by atoms with Gasteiger partial charge in [0.25, 0.3) is 0 Å². The lowest BCUT2D eigenvalue weighted by Crippen LogP contribution is -1.93. The maximum absolute atomic E-state index is 2.34. The molecule has 0 amide bonds. The number of rotatable bonds is 3. The molecule has 1 heteroatoms.